The van der Waals surface area contributed by atoms with Crippen LogP contribution < -0.4 is 0 Å². The van der Waals surface area contributed by atoms with Gasteiger partial charge in [-0.05, 0) is 36.1 Å². The molecule has 2 unspecified atom stereocenters. The van der Waals surface area contributed by atoms with Crippen molar-refractivity contribution in [1.82, 2.24) is 9.97 Å². The van der Waals surface area contributed by atoms with Crippen molar-refractivity contribution in [2.24, 2.45) is 0 Å². The number of nitrogens with zero attached hydrogens (tertiary/aromatic N) is 2. The average molecular weight is 469 g/mol. The minimum atomic E-state index is -4.29. The van der Waals surface area contributed by atoms with Crippen LogP contribution in [0.5, 0.6) is 0 Å². The minimum absolute atomic E-state index is 0.200. The fraction of sp³-hybridized carbons (Fsp3) is 0.375. The highest BCUT2D eigenvalue weighted by atomic mass is 35.5. The second-order valence-corrected chi connectivity index (χ2v) is 10.1. The van der Waals surface area contributed by atoms with Gasteiger partial charge in [-0.2, -0.15) is 16.8 Å². The lowest BCUT2D eigenvalue weighted by Gasteiger charge is -2.20. The van der Waals surface area contributed by atoms with Gasteiger partial charge in [-0.15, -0.1) is 0 Å². The van der Waals surface area contributed by atoms with Crippen molar-refractivity contribution in [3.63, 3.8) is 0 Å². The standard InChI is InChI=1S/C16H18Cl2N2O6S2/c17-15-5-3-11(7-19-15)13(9-27(21,22)23)1-2-14(10-28(24,25)26)12-4-6-16(18)20-8-12/h3-8,13-14H,1-2,9-10H2,(H,21,22,23)(H,24,25,26). The normalized spacial score (nSPS) is 14.6. The molecule has 0 saturated heterocycles. The van der Waals surface area contributed by atoms with Gasteiger partial charge in [0.2, 0.25) is 0 Å². The maximum Gasteiger partial charge on any atom is 0.265 e. The summed E-state index contributed by atoms with van der Waals surface area (Å²) in [7, 11) is -8.59. The fourth-order valence-electron chi connectivity index (χ4n) is 2.86. The van der Waals surface area contributed by atoms with E-state index >= 15 is 0 Å². The van der Waals surface area contributed by atoms with Gasteiger partial charge in [0.1, 0.15) is 10.3 Å². The summed E-state index contributed by atoms with van der Waals surface area (Å²) in [4.78, 5) is 7.83. The molecule has 2 N–H and O–H groups in total. The minimum Gasteiger partial charge on any atom is -0.286 e. The summed E-state index contributed by atoms with van der Waals surface area (Å²) in [6, 6.07) is 6.17. The zero-order valence-electron chi connectivity index (χ0n) is 14.4. The van der Waals surface area contributed by atoms with Crippen LogP contribution in [0.1, 0.15) is 35.8 Å². The number of pyridine rings is 2. The lowest BCUT2D eigenvalue weighted by molar-refractivity contribution is 0.460. The topological polar surface area (TPSA) is 135 Å². The maximum atomic E-state index is 11.4. The van der Waals surface area contributed by atoms with Crippen molar-refractivity contribution in [3.8, 4) is 0 Å². The van der Waals surface area contributed by atoms with Gasteiger partial charge in [0.05, 0.1) is 11.5 Å². The van der Waals surface area contributed by atoms with E-state index < -0.39 is 43.6 Å². The van der Waals surface area contributed by atoms with Crippen molar-refractivity contribution < 1.29 is 25.9 Å². The van der Waals surface area contributed by atoms with Gasteiger partial charge < -0.3 is 0 Å². The zero-order chi connectivity index (χ0) is 20.9. The quantitative estimate of drug-likeness (QED) is 0.422. The van der Waals surface area contributed by atoms with E-state index in [9.17, 15) is 25.9 Å². The Morgan fingerprint density at radius 2 is 1.11 bits per heavy atom. The highest BCUT2D eigenvalue weighted by Crippen LogP contribution is 2.30. The van der Waals surface area contributed by atoms with Crippen LogP contribution >= 0.6 is 23.2 Å². The van der Waals surface area contributed by atoms with E-state index in [0.29, 0.717) is 11.1 Å². The van der Waals surface area contributed by atoms with Gasteiger partial charge in [-0.1, -0.05) is 35.3 Å². The van der Waals surface area contributed by atoms with Crippen LogP contribution in [0.4, 0.5) is 0 Å². The average Bonchev–Trinajstić information content (AvgIpc) is 2.57. The summed E-state index contributed by atoms with van der Waals surface area (Å²) in [6.45, 7) is 0. The van der Waals surface area contributed by atoms with Gasteiger partial charge in [0, 0.05) is 24.2 Å². The van der Waals surface area contributed by atoms with Crippen molar-refractivity contribution >= 4 is 43.4 Å². The van der Waals surface area contributed by atoms with Crippen molar-refractivity contribution in [2.75, 3.05) is 11.5 Å². The predicted molar refractivity (Wildman–Crippen MR) is 106 cm³/mol. The first-order valence-electron chi connectivity index (χ1n) is 8.06. The van der Waals surface area contributed by atoms with E-state index in [1.165, 1.54) is 24.5 Å². The third-order valence-electron chi connectivity index (χ3n) is 4.13. The molecular formula is C16H18Cl2N2O6S2. The fourth-order valence-corrected chi connectivity index (χ4v) is 4.82. The lowest BCUT2D eigenvalue weighted by atomic mass is 9.90. The smallest absolute Gasteiger partial charge is 0.265 e. The molecule has 12 heteroatoms. The van der Waals surface area contributed by atoms with Gasteiger partial charge in [0.25, 0.3) is 20.2 Å². The van der Waals surface area contributed by atoms with E-state index in [-0.39, 0.29) is 23.1 Å². The molecule has 154 valence electrons. The van der Waals surface area contributed by atoms with E-state index in [1.54, 1.807) is 12.1 Å². The number of hydrogen-bond donors (Lipinski definition) is 2. The largest absolute Gasteiger partial charge is 0.286 e. The van der Waals surface area contributed by atoms with E-state index in [1.807, 2.05) is 0 Å². The van der Waals surface area contributed by atoms with Gasteiger partial charge in [-0.3, -0.25) is 9.11 Å². The number of aromatic nitrogens is 2. The monoisotopic (exact) mass is 468 g/mol. The maximum absolute atomic E-state index is 11.4. The van der Waals surface area contributed by atoms with E-state index in [4.69, 9.17) is 23.2 Å². The third-order valence-corrected chi connectivity index (χ3v) is 6.22. The Labute approximate surface area is 173 Å². The molecule has 0 fully saturated rings. The Balaban J connectivity index is 2.26. The molecular weight excluding hydrogens is 451 g/mol. The first kappa shape index (κ1) is 23.0. The molecule has 2 aromatic rings. The molecule has 0 bridgehead atoms. The molecule has 2 aromatic heterocycles. The molecule has 2 rings (SSSR count). The SMILES string of the molecule is O=S(=O)(O)CC(CCC(CS(=O)(=O)O)c1ccc(Cl)nc1)c1ccc(Cl)nc1. The van der Waals surface area contributed by atoms with Crippen molar-refractivity contribution in [1.29, 1.82) is 0 Å². The van der Waals surface area contributed by atoms with Crippen molar-refractivity contribution in [2.45, 2.75) is 24.7 Å². The zero-order valence-corrected chi connectivity index (χ0v) is 17.6. The molecule has 0 spiro atoms. The highest BCUT2D eigenvalue weighted by molar-refractivity contribution is 7.86. The van der Waals surface area contributed by atoms with Crippen LogP contribution in [-0.2, 0) is 20.2 Å². The van der Waals surface area contributed by atoms with Crippen LogP contribution in [0.2, 0.25) is 10.3 Å². The molecule has 0 saturated carbocycles. The van der Waals surface area contributed by atoms with Gasteiger partial charge >= 0.3 is 0 Å². The summed E-state index contributed by atoms with van der Waals surface area (Å²) in [6.07, 6.45) is 3.21. The van der Waals surface area contributed by atoms with Crippen molar-refractivity contribution in [3.05, 3.63) is 58.1 Å². The number of halogens is 2. The Hall–Kier alpha value is -1.30. The number of rotatable bonds is 9. The van der Waals surface area contributed by atoms with Crippen LogP contribution in [0.25, 0.3) is 0 Å². The van der Waals surface area contributed by atoms with Crippen LogP contribution in [0.15, 0.2) is 36.7 Å². The Bertz CT molecular complexity index is 913. The first-order chi connectivity index (χ1) is 12.9. The molecule has 0 amide bonds. The molecule has 2 heterocycles. The molecule has 2 atom stereocenters. The molecule has 0 aromatic carbocycles. The Morgan fingerprint density at radius 1 is 0.750 bits per heavy atom. The molecule has 0 aliphatic heterocycles. The Kier molecular flexibility index (Phi) is 7.77. The summed E-state index contributed by atoms with van der Waals surface area (Å²) in [5, 5.41) is 0.455. The van der Waals surface area contributed by atoms with Gasteiger partial charge in [-0.25, -0.2) is 9.97 Å². The molecule has 8 nitrogen and oxygen atoms in total. The van der Waals surface area contributed by atoms with Crippen LogP contribution in [0, 0.1) is 0 Å². The van der Waals surface area contributed by atoms with Crippen LogP contribution in [-0.4, -0.2) is 47.4 Å². The summed E-state index contributed by atoms with van der Waals surface area (Å²) >= 11 is 11.5. The van der Waals surface area contributed by atoms with E-state index in [2.05, 4.69) is 9.97 Å². The summed E-state index contributed by atoms with van der Waals surface area (Å²) in [5.74, 6) is -2.42. The third kappa shape index (κ3) is 7.98. The molecule has 28 heavy (non-hydrogen) atoms. The second kappa shape index (κ2) is 9.47. The predicted octanol–water partition coefficient (Wildman–Crippen LogP) is 3.21. The van der Waals surface area contributed by atoms with E-state index in [0.717, 1.165) is 0 Å². The summed E-state index contributed by atoms with van der Waals surface area (Å²) < 4.78 is 64.2. The first-order valence-corrected chi connectivity index (χ1v) is 12.0. The summed E-state index contributed by atoms with van der Waals surface area (Å²) in [5.41, 5.74) is 1.06. The number of hydrogen-bond acceptors (Lipinski definition) is 6. The molecule has 0 radical (unpaired) electrons. The highest BCUT2D eigenvalue weighted by Gasteiger charge is 2.24. The Morgan fingerprint density at radius 3 is 1.36 bits per heavy atom. The van der Waals surface area contributed by atoms with Gasteiger partial charge in [0.15, 0.2) is 0 Å². The lowest BCUT2D eigenvalue weighted by Crippen LogP contribution is -2.18. The van der Waals surface area contributed by atoms with Crippen LogP contribution in [0.3, 0.4) is 0 Å². The molecule has 0 aliphatic rings. The molecule has 0 aliphatic carbocycles. The second-order valence-electron chi connectivity index (χ2n) is 6.30.